The van der Waals surface area contributed by atoms with Crippen LogP contribution in [0.1, 0.15) is 15.9 Å². The minimum Gasteiger partial charge on any atom is -0.493 e. The SMILES string of the molecule is COc1cc(/C=C/C(=O)c2ccc(OC(N)=O)cc2)cc(OC)c1OC. The Bertz CT molecular complexity index is 801. The lowest BCUT2D eigenvalue weighted by atomic mass is 10.1. The van der Waals surface area contributed by atoms with Gasteiger partial charge in [0.05, 0.1) is 21.3 Å². The van der Waals surface area contributed by atoms with Crippen molar-refractivity contribution in [2.75, 3.05) is 21.3 Å². The van der Waals surface area contributed by atoms with Crippen LogP contribution in [0, 0.1) is 0 Å². The predicted octanol–water partition coefficient (Wildman–Crippen LogP) is 3.07. The van der Waals surface area contributed by atoms with Gasteiger partial charge in [0.15, 0.2) is 17.3 Å². The largest absolute Gasteiger partial charge is 0.493 e. The minimum atomic E-state index is -0.911. The summed E-state index contributed by atoms with van der Waals surface area (Å²) in [5.41, 5.74) is 6.08. The molecule has 0 bridgehead atoms. The van der Waals surface area contributed by atoms with E-state index in [9.17, 15) is 9.59 Å². The molecule has 0 saturated heterocycles. The van der Waals surface area contributed by atoms with Gasteiger partial charge in [0, 0.05) is 5.56 Å². The van der Waals surface area contributed by atoms with Crippen molar-refractivity contribution >= 4 is 18.0 Å². The average Bonchev–Trinajstić information content (AvgIpc) is 2.65. The Balaban J connectivity index is 2.20. The highest BCUT2D eigenvalue weighted by Crippen LogP contribution is 2.38. The van der Waals surface area contributed by atoms with Crippen LogP contribution < -0.4 is 24.7 Å². The first-order valence-electron chi connectivity index (χ1n) is 7.58. The molecule has 7 nitrogen and oxygen atoms in total. The molecule has 26 heavy (non-hydrogen) atoms. The highest BCUT2D eigenvalue weighted by molar-refractivity contribution is 6.06. The number of allylic oxidation sites excluding steroid dienone is 1. The fourth-order valence-corrected chi connectivity index (χ4v) is 2.27. The van der Waals surface area contributed by atoms with Gasteiger partial charge in [-0.25, -0.2) is 4.79 Å². The third-order valence-corrected chi connectivity index (χ3v) is 3.47. The summed E-state index contributed by atoms with van der Waals surface area (Å²) in [5, 5.41) is 0. The van der Waals surface area contributed by atoms with Gasteiger partial charge in [-0.2, -0.15) is 0 Å². The normalized spacial score (nSPS) is 10.4. The number of benzene rings is 2. The monoisotopic (exact) mass is 357 g/mol. The number of hydrogen-bond donors (Lipinski definition) is 1. The summed E-state index contributed by atoms with van der Waals surface area (Å²) in [4.78, 5) is 23.0. The van der Waals surface area contributed by atoms with E-state index in [1.54, 1.807) is 30.3 Å². The second-order valence-corrected chi connectivity index (χ2v) is 5.10. The number of amides is 1. The van der Waals surface area contributed by atoms with Crippen molar-refractivity contribution < 1.29 is 28.5 Å². The van der Waals surface area contributed by atoms with Gasteiger partial charge < -0.3 is 24.7 Å². The maximum Gasteiger partial charge on any atom is 0.409 e. The summed E-state index contributed by atoms with van der Waals surface area (Å²) in [6.45, 7) is 0. The number of hydrogen-bond acceptors (Lipinski definition) is 6. The standard InChI is InChI=1S/C19H19NO6/c1-23-16-10-12(11-17(24-2)18(16)25-3)4-9-15(21)13-5-7-14(8-6-13)26-19(20)22/h4-11H,1-3H3,(H2,20,22)/b9-4+. The fourth-order valence-electron chi connectivity index (χ4n) is 2.27. The Hall–Kier alpha value is -3.48. The first-order chi connectivity index (χ1) is 12.5. The maximum absolute atomic E-state index is 12.3. The molecule has 0 aromatic heterocycles. The van der Waals surface area contributed by atoms with Crippen LogP contribution in [0.25, 0.3) is 6.08 Å². The predicted molar refractivity (Wildman–Crippen MR) is 96.1 cm³/mol. The first-order valence-corrected chi connectivity index (χ1v) is 7.58. The maximum atomic E-state index is 12.3. The number of primary amides is 1. The topological polar surface area (TPSA) is 97.1 Å². The smallest absolute Gasteiger partial charge is 0.409 e. The molecule has 7 heteroatoms. The van der Waals surface area contributed by atoms with E-state index >= 15 is 0 Å². The molecule has 0 aliphatic carbocycles. The zero-order valence-corrected chi connectivity index (χ0v) is 14.6. The van der Waals surface area contributed by atoms with Crippen LogP contribution in [0.4, 0.5) is 4.79 Å². The summed E-state index contributed by atoms with van der Waals surface area (Å²) >= 11 is 0. The van der Waals surface area contributed by atoms with E-state index in [4.69, 9.17) is 24.7 Å². The van der Waals surface area contributed by atoms with Crippen LogP contribution in [0.5, 0.6) is 23.0 Å². The molecule has 2 rings (SSSR count). The molecular weight excluding hydrogens is 338 g/mol. The van der Waals surface area contributed by atoms with Crippen molar-refractivity contribution in [3.05, 3.63) is 53.6 Å². The zero-order chi connectivity index (χ0) is 19.1. The van der Waals surface area contributed by atoms with Crippen LogP contribution in [-0.2, 0) is 0 Å². The van der Waals surface area contributed by atoms with Crippen molar-refractivity contribution in [1.29, 1.82) is 0 Å². The lowest BCUT2D eigenvalue weighted by molar-refractivity contribution is 0.104. The molecule has 0 heterocycles. The molecule has 0 unspecified atom stereocenters. The Kier molecular flexibility index (Phi) is 6.21. The molecule has 136 valence electrons. The Labute approximate surface area is 150 Å². The highest BCUT2D eigenvalue weighted by Gasteiger charge is 2.12. The molecule has 0 saturated carbocycles. The Morgan fingerprint density at radius 2 is 1.50 bits per heavy atom. The summed E-state index contributed by atoms with van der Waals surface area (Å²) in [7, 11) is 4.56. The summed E-state index contributed by atoms with van der Waals surface area (Å²) < 4.78 is 20.5. The van der Waals surface area contributed by atoms with E-state index in [2.05, 4.69) is 0 Å². The lowest BCUT2D eigenvalue weighted by Gasteiger charge is -2.12. The summed E-state index contributed by atoms with van der Waals surface area (Å²) in [6.07, 6.45) is 2.15. The highest BCUT2D eigenvalue weighted by atomic mass is 16.5. The van der Waals surface area contributed by atoms with Crippen LogP contribution in [-0.4, -0.2) is 33.2 Å². The molecule has 2 N–H and O–H groups in total. The van der Waals surface area contributed by atoms with Crippen molar-refractivity contribution in [2.24, 2.45) is 5.73 Å². The second kappa shape index (κ2) is 8.57. The van der Waals surface area contributed by atoms with Gasteiger partial charge in [-0.3, -0.25) is 4.79 Å². The molecule has 0 fully saturated rings. The van der Waals surface area contributed by atoms with Gasteiger partial charge in [0.1, 0.15) is 5.75 Å². The molecule has 2 aromatic carbocycles. The van der Waals surface area contributed by atoms with Crippen LogP contribution in [0.2, 0.25) is 0 Å². The third-order valence-electron chi connectivity index (χ3n) is 3.47. The molecule has 0 spiro atoms. The first kappa shape index (κ1) is 18.9. The number of nitrogens with two attached hydrogens (primary N) is 1. The van der Waals surface area contributed by atoms with E-state index in [0.717, 1.165) is 0 Å². The molecule has 0 aliphatic rings. The van der Waals surface area contributed by atoms with Crippen molar-refractivity contribution in [3.63, 3.8) is 0 Å². The second-order valence-electron chi connectivity index (χ2n) is 5.10. The molecule has 1 amide bonds. The molecule has 0 radical (unpaired) electrons. The third kappa shape index (κ3) is 4.54. The van der Waals surface area contributed by atoms with Crippen LogP contribution in [0.15, 0.2) is 42.5 Å². The van der Waals surface area contributed by atoms with E-state index in [-0.39, 0.29) is 11.5 Å². The van der Waals surface area contributed by atoms with Crippen molar-refractivity contribution in [3.8, 4) is 23.0 Å². The van der Waals surface area contributed by atoms with Gasteiger partial charge in [-0.05, 0) is 48.0 Å². The number of carbonyl (C=O) groups is 2. The molecule has 0 aliphatic heterocycles. The van der Waals surface area contributed by atoms with E-state index in [1.807, 2.05) is 0 Å². The number of methoxy groups -OCH3 is 3. The molecule has 2 aromatic rings. The number of ether oxygens (including phenoxy) is 4. The van der Waals surface area contributed by atoms with Gasteiger partial charge >= 0.3 is 6.09 Å². The van der Waals surface area contributed by atoms with Gasteiger partial charge in [-0.1, -0.05) is 6.08 Å². The summed E-state index contributed by atoms with van der Waals surface area (Å²) in [5.74, 6) is 1.51. The quantitative estimate of drug-likeness (QED) is 0.604. The van der Waals surface area contributed by atoms with E-state index < -0.39 is 6.09 Å². The van der Waals surface area contributed by atoms with Crippen LogP contribution in [0.3, 0.4) is 0 Å². The van der Waals surface area contributed by atoms with E-state index in [1.165, 1.54) is 39.5 Å². The number of rotatable bonds is 7. The number of ketones is 1. The fraction of sp³-hybridized carbons (Fsp3) is 0.158. The van der Waals surface area contributed by atoms with Gasteiger partial charge in [0.2, 0.25) is 5.75 Å². The minimum absolute atomic E-state index is 0.218. The van der Waals surface area contributed by atoms with Crippen LogP contribution >= 0.6 is 0 Å². The molecular formula is C19H19NO6. The van der Waals surface area contributed by atoms with E-state index in [0.29, 0.717) is 28.4 Å². The summed E-state index contributed by atoms with van der Waals surface area (Å²) in [6, 6.07) is 9.53. The molecule has 0 atom stereocenters. The number of carbonyl (C=O) groups excluding carboxylic acids is 2. The van der Waals surface area contributed by atoms with Gasteiger partial charge in [-0.15, -0.1) is 0 Å². The van der Waals surface area contributed by atoms with Crippen molar-refractivity contribution in [2.45, 2.75) is 0 Å². The average molecular weight is 357 g/mol. The lowest BCUT2D eigenvalue weighted by Crippen LogP contribution is -2.16. The van der Waals surface area contributed by atoms with Gasteiger partial charge in [0.25, 0.3) is 0 Å². The Morgan fingerprint density at radius 3 is 1.96 bits per heavy atom. The zero-order valence-electron chi connectivity index (χ0n) is 14.6. The Morgan fingerprint density at radius 1 is 0.923 bits per heavy atom. The van der Waals surface area contributed by atoms with Crippen molar-refractivity contribution in [1.82, 2.24) is 0 Å².